The van der Waals surface area contributed by atoms with E-state index < -0.39 is 9.84 Å². The summed E-state index contributed by atoms with van der Waals surface area (Å²) in [6.45, 7) is 2.50. The van der Waals surface area contributed by atoms with Gasteiger partial charge in [-0.25, -0.2) is 8.42 Å². The monoisotopic (exact) mass is 382 g/mol. The lowest BCUT2D eigenvalue weighted by Gasteiger charge is -2.37. The second-order valence-electron chi connectivity index (χ2n) is 8.30. The molecule has 2 aliphatic carbocycles. The highest BCUT2D eigenvalue weighted by Crippen LogP contribution is 2.28. The Morgan fingerprint density at radius 3 is 2.50 bits per heavy atom. The number of sulfone groups is 1. The number of nitrogens with zero attached hydrogens (tertiary/aromatic N) is 3. The second-order valence-corrected chi connectivity index (χ2v) is 10.5. The molecule has 0 spiro atoms. The lowest BCUT2D eigenvalue weighted by Crippen LogP contribution is -2.56. The van der Waals surface area contributed by atoms with Crippen LogP contribution in [0.3, 0.4) is 0 Å². The Hall–Kier alpha value is -1.31. The van der Waals surface area contributed by atoms with Crippen LogP contribution in [0.2, 0.25) is 0 Å². The van der Waals surface area contributed by atoms with Crippen molar-refractivity contribution in [2.45, 2.75) is 57.0 Å². The van der Waals surface area contributed by atoms with Crippen molar-refractivity contribution in [1.29, 1.82) is 0 Å². The molecule has 1 amide bonds. The Balaban J connectivity index is 1.41. The summed E-state index contributed by atoms with van der Waals surface area (Å²) in [5.41, 5.74) is 0. The van der Waals surface area contributed by atoms with Gasteiger partial charge in [0.1, 0.15) is 0 Å². The summed E-state index contributed by atoms with van der Waals surface area (Å²) in [6, 6.07) is 0.897. The molecule has 2 saturated heterocycles. The third-order valence-corrected chi connectivity index (χ3v) is 7.90. The Morgan fingerprint density at radius 2 is 1.88 bits per heavy atom. The average molecular weight is 383 g/mol. The number of carbonyl (C=O) groups is 1. The summed E-state index contributed by atoms with van der Waals surface area (Å²) in [5.74, 6) is 1.66. The van der Waals surface area contributed by atoms with E-state index >= 15 is 0 Å². The number of aliphatic imine (C=N–C) groups is 1. The number of amides is 1. The molecule has 0 aromatic heterocycles. The van der Waals surface area contributed by atoms with Crippen molar-refractivity contribution in [3.05, 3.63) is 0 Å². The highest BCUT2D eigenvalue weighted by Gasteiger charge is 2.37. The van der Waals surface area contributed by atoms with Crippen LogP contribution < -0.4 is 5.32 Å². The maximum absolute atomic E-state index is 12.5. The SMILES string of the molecule is O=C1CN(C(=NCC2CCS(=O)(=O)C2)NC2CCCC2)CCN1C1CC1. The maximum atomic E-state index is 12.5. The van der Waals surface area contributed by atoms with Gasteiger partial charge in [0.2, 0.25) is 5.91 Å². The summed E-state index contributed by atoms with van der Waals surface area (Å²) in [4.78, 5) is 21.4. The molecule has 0 aromatic rings. The number of rotatable bonds is 4. The number of piperazine rings is 1. The molecule has 4 rings (SSSR count). The molecular formula is C18H30N4O3S. The van der Waals surface area contributed by atoms with Crippen LogP contribution in [-0.2, 0) is 14.6 Å². The number of carbonyl (C=O) groups excluding carboxylic acids is 1. The van der Waals surface area contributed by atoms with Crippen molar-refractivity contribution in [3.8, 4) is 0 Å². The average Bonchev–Trinajstić information content (AvgIpc) is 3.19. The second kappa shape index (κ2) is 7.37. The van der Waals surface area contributed by atoms with Crippen molar-refractivity contribution in [1.82, 2.24) is 15.1 Å². The molecule has 1 atom stereocenters. The van der Waals surface area contributed by atoms with Gasteiger partial charge >= 0.3 is 0 Å². The molecule has 4 aliphatic rings. The Morgan fingerprint density at radius 1 is 1.12 bits per heavy atom. The van der Waals surface area contributed by atoms with Gasteiger partial charge in [-0.05, 0) is 38.0 Å². The molecule has 1 unspecified atom stereocenters. The molecule has 7 nitrogen and oxygen atoms in total. The summed E-state index contributed by atoms with van der Waals surface area (Å²) in [6.07, 6.45) is 7.75. The van der Waals surface area contributed by atoms with E-state index in [2.05, 4.69) is 10.2 Å². The molecular weight excluding hydrogens is 352 g/mol. The van der Waals surface area contributed by atoms with E-state index in [0.717, 1.165) is 44.7 Å². The minimum Gasteiger partial charge on any atom is -0.353 e. The van der Waals surface area contributed by atoms with Crippen LogP contribution in [-0.4, -0.2) is 79.9 Å². The van der Waals surface area contributed by atoms with Crippen molar-refractivity contribution < 1.29 is 13.2 Å². The summed E-state index contributed by atoms with van der Waals surface area (Å²) < 4.78 is 23.4. The molecule has 2 heterocycles. The van der Waals surface area contributed by atoms with E-state index in [4.69, 9.17) is 4.99 Å². The first-order valence-electron chi connectivity index (χ1n) is 10.1. The quantitative estimate of drug-likeness (QED) is 0.569. The molecule has 26 heavy (non-hydrogen) atoms. The first kappa shape index (κ1) is 18.1. The van der Waals surface area contributed by atoms with Gasteiger partial charge in [-0.3, -0.25) is 9.79 Å². The van der Waals surface area contributed by atoms with Crippen molar-refractivity contribution in [2.24, 2.45) is 10.9 Å². The zero-order valence-corrected chi connectivity index (χ0v) is 16.2. The topological polar surface area (TPSA) is 82.1 Å². The van der Waals surface area contributed by atoms with Gasteiger partial charge in [0.05, 0.1) is 18.1 Å². The Kier molecular flexibility index (Phi) is 5.12. The van der Waals surface area contributed by atoms with Crippen LogP contribution in [0.5, 0.6) is 0 Å². The first-order chi connectivity index (χ1) is 12.5. The third kappa shape index (κ3) is 4.32. The molecule has 2 aliphatic heterocycles. The normalized spacial score (nSPS) is 30.2. The Labute approximate surface area is 156 Å². The predicted molar refractivity (Wildman–Crippen MR) is 101 cm³/mol. The highest BCUT2D eigenvalue weighted by atomic mass is 32.2. The number of guanidine groups is 1. The van der Waals surface area contributed by atoms with E-state index in [1.165, 1.54) is 12.8 Å². The van der Waals surface area contributed by atoms with Crippen LogP contribution in [0.1, 0.15) is 44.9 Å². The molecule has 0 aromatic carbocycles. The van der Waals surface area contributed by atoms with Crippen LogP contribution in [0.15, 0.2) is 4.99 Å². The summed E-state index contributed by atoms with van der Waals surface area (Å²) >= 11 is 0. The largest absolute Gasteiger partial charge is 0.353 e. The van der Waals surface area contributed by atoms with Crippen molar-refractivity contribution in [3.63, 3.8) is 0 Å². The fourth-order valence-corrected chi connectivity index (χ4v) is 6.21. The fourth-order valence-electron chi connectivity index (χ4n) is 4.36. The molecule has 4 fully saturated rings. The van der Waals surface area contributed by atoms with Gasteiger partial charge in [-0.2, -0.15) is 0 Å². The van der Waals surface area contributed by atoms with Gasteiger partial charge in [0.15, 0.2) is 15.8 Å². The van der Waals surface area contributed by atoms with Gasteiger partial charge < -0.3 is 15.1 Å². The lowest BCUT2D eigenvalue weighted by molar-refractivity contribution is -0.135. The van der Waals surface area contributed by atoms with E-state index in [9.17, 15) is 13.2 Å². The number of hydrogen-bond donors (Lipinski definition) is 1. The maximum Gasteiger partial charge on any atom is 0.242 e. The number of hydrogen-bond acceptors (Lipinski definition) is 4. The van der Waals surface area contributed by atoms with Gasteiger partial charge in [0, 0.05) is 31.7 Å². The smallest absolute Gasteiger partial charge is 0.242 e. The predicted octanol–water partition coefficient (Wildman–Crippen LogP) is 0.616. The van der Waals surface area contributed by atoms with Gasteiger partial charge in [-0.15, -0.1) is 0 Å². The van der Waals surface area contributed by atoms with Crippen LogP contribution in [0.25, 0.3) is 0 Å². The van der Waals surface area contributed by atoms with Gasteiger partial charge in [0.25, 0.3) is 0 Å². The molecule has 0 bridgehead atoms. The molecule has 146 valence electrons. The Bertz CT molecular complexity index is 668. The highest BCUT2D eigenvalue weighted by molar-refractivity contribution is 7.91. The van der Waals surface area contributed by atoms with Gasteiger partial charge in [-0.1, -0.05) is 12.8 Å². The molecule has 1 N–H and O–H groups in total. The molecule has 8 heteroatoms. The van der Waals surface area contributed by atoms with E-state index in [1.807, 2.05) is 4.90 Å². The van der Waals surface area contributed by atoms with E-state index in [-0.39, 0.29) is 23.3 Å². The van der Waals surface area contributed by atoms with E-state index in [0.29, 0.717) is 31.6 Å². The summed E-state index contributed by atoms with van der Waals surface area (Å²) in [5, 5.41) is 3.57. The minimum absolute atomic E-state index is 0.115. The minimum atomic E-state index is -2.87. The molecule has 2 saturated carbocycles. The van der Waals surface area contributed by atoms with Crippen LogP contribution in [0, 0.1) is 5.92 Å². The zero-order valence-electron chi connectivity index (χ0n) is 15.4. The standard InChI is InChI=1S/C18H30N4O3S/c23-17-12-21(8-9-22(17)16-5-6-16)18(20-15-3-1-2-4-15)19-11-14-7-10-26(24,25)13-14/h14-16H,1-13H2,(H,19,20). The van der Waals surface area contributed by atoms with Crippen molar-refractivity contribution in [2.75, 3.05) is 37.7 Å². The van der Waals surface area contributed by atoms with Crippen molar-refractivity contribution >= 4 is 21.7 Å². The number of nitrogens with one attached hydrogen (secondary N) is 1. The molecule has 0 radical (unpaired) electrons. The van der Waals surface area contributed by atoms with E-state index in [1.54, 1.807) is 0 Å². The first-order valence-corrected chi connectivity index (χ1v) is 11.9. The zero-order chi connectivity index (χ0) is 18.1. The van der Waals surface area contributed by atoms with Crippen LogP contribution in [0.4, 0.5) is 0 Å². The fraction of sp³-hybridized carbons (Fsp3) is 0.889. The van der Waals surface area contributed by atoms with Crippen LogP contribution >= 0.6 is 0 Å². The third-order valence-electron chi connectivity index (χ3n) is 6.06. The lowest BCUT2D eigenvalue weighted by atomic mass is 10.1. The summed E-state index contributed by atoms with van der Waals surface area (Å²) in [7, 11) is -2.87.